The normalized spacial score (nSPS) is 13.0. The molecule has 7 nitrogen and oxygen atoms in total. The van der Waals surface area contributed by atoms with Gasteiger partial charge in [0.2, 0.25) is 5.91 Å². The Morgan fingerprint density at radius 1 is 0.588 bits per heavy atom. The lowest BCUT2D eigenvalue weighted by atomic mass is 10.1. The van der Waals surface area contributed by atoms with Gasteiger partial charge in [-0.2, -0.15) is 0 Å². The molecular formula is C44H80N2O5. The zero-order valence-corrected chi connectivity index (χ0v) is 33.2. The van der Waals surface area contributed by atoms with Crippen molar-refractivity contribution in [1.82, 2.24) is 5.32 Å². The fourth-order valence-corrected chi connectivity index (χ4v) is 6.16. The maximum atomic E-state index is 12.7. The number of rotatable bonds is 38. The molecule has 0 bridgehead atoms. The molecule has 0 aromatic heterocycles. The fraction of sp³-hybridized carbons (Fsp3) is 0.795. The van der Waals surface area contributed by atoms with Crippen molar-refractivity contribution in [3.8, 4) is 0 Å². The van der Waals surface area contributed by atoms with Gasteiger partial charge >= 0.3 is 11.9 Å². The SMILES string of the molecule is CCCCCC/C=C\C/C=C\C(CCCCCCC(=O)NC(CCCN)C(=O)O)OC(=O)CCCCCCCCC/C=C\CCCCCCCC. The van der Waals surface area contributed by atoms with Crippen molar-refractivity contribution >= 4 is 17.8 Å². The Labute approximate surface area is 314 Å². The summed E-state index contributed by atoms with van der Waals surface area (Å²) in [7, 11) is 0. The number of carboxylic acid groups (broad SMARTS) is 1. The van der Waals surface area contributed by atoms with Crippen molar-refractivity contribution in [2.75, 3.05) is 6.54 Å². The third-order valence-corrected chi connectivity index (χ3v) is 9.41. The van der Waals surface area contributed by atoms with Gasteiger partial charge in [0, 0.05) is 12.8 Å². The number of carboxylic acids is 1. The minimum atomic E-state index is -1.02. The maximum absolute atomic E-state index is 12.7. The first-order chi connectivity index (χ1) is 24.9. The summed E-state index contributed by atoms with van der Waals surface area (Å²) in [5.74, 6) is -1.35. The second-order valence-electron chi connectivity index (χ2n) is 14.4. The molecule has 0 aromatic carbocycles. The van der Waals surface area contributed by atoms with E-state index in [4.69, 9.17) is 10.5 Å². The van der Waals surface area contributed by atoms with Gasteiger partial charge in [0.05, 0.1) is 0 Å². The Balaban J connectivity index is 4.31. The van der Waals surface area contributed by atoms with Crippen LogP contribution in [0.15, 0.2) is 36.5 Å². The average molecular weight is 717 g/mol. The number of ether oxygens (including phenoxy) is 1. The van der Waals surface area contributed by atoms with E-state index in [0.29, 0.717) is 38.6 Å². The lowest BCUT2D eigenvalue weighted by molar-refractivity contribution is -0.147. The fourth-order valence-electron chi connectivity index (χ4n) is 6.16. The van der Waals surface area contributed by atoms with Gasteiger partial charge in [-0.1, -0.05) is 141 Å². The first-order valence-corrected chi connectivity index (χ1v) is 21.3. The van der Waals surface area contributed by atoms with Crippen molar-refractivity contribution in [1.29, 1.82) is 0 Å². The molecule has 0 rings (SSSR count). The second kappa shape index (κ2) is 38.8. The van der Waals surface area contributed by atoms with Crippen LogP contribution in [0.2, 0.25) is 0 Å². The topological polar surface area (TPSA) is 119 Å². The summed E-state index contributed by atoms with van der Waals surface area (Å²) in [6, 6.07) is -0.874. The van der Waals surface area contributed by atoms with Crippen molar-refractivity contribution in [2.45, 2.75) is 219 Å². The van der Waals surface area contributed by atoms with E-state index in [1.165, 1.54) is 109 Å². The van der Waals surface area contributed by atoms with Crippen molar-refractivity contribution in [3.05, 3.63) is 36.5 Å². The number of nitrogens with two attached hydrogens (primary N) is 1. The van der Waals surface area contributed by atoms with E-state index >= 15 is 0 Å². The number of hydrogen-bond acceptors (Lipinski definition) is 5. The Bertz CT molecular complexity index is 900. The van der Waals surface area contributed by atoms with Gasteiger partial charge < -0.3 is 20.9 Å². The number of allylic oxidation sites excluding steroid dienone is 5. The van der Waals surface area contributed by atoms with E-state index in [1.54, 1.807) is 0 Å². The first kappa shape index (κ1) is 48.6. The standard InChI is InChI=1S/C44H80N2O5/c1-3-5-7-9-11-13-14-15-16-17-18-19-20-22-24-26-32-38-43(48)51-40(34-29-25-23-21-12-10-8-6-4-2)35-30-27-28-31-37-42(47)46-41(44(49)50)36-33-39-45/h15-16,21,23,29,34,40-41H,3-14,17-20,22,24-28,30-33,35-39,45H2,1-2H3,(H,46,47)(H,49,50)/b16-15-,23-21-,34-29-. The Morgan fingerprint density at radius 3 is 1.65 bits per heavy atom. The van der Waals surface area contributed by atoms with Gasteiger partial charge in [-0.05, 0) is 96.1 Å². The summed E-state index contributed by atoms with van der Waals surface area (Å²) in [5, 5.41) is 11.9. The van der Waals surface area contributed by atoms with Crippen LogP contribution in [0.4, 0.5) is 0 Å². The average Bonchev–Trinajstić information content (AvgIpc) is 3.11. The molecule has 0 heterocycles. The number of amides is 1. The highest BCUT2D eigenvalue weighted by atomic mass is 16.5. The Kier molecular flexibility index (Phi) is 37.0. The molecule has 51 heavy (non-hydrogen) atoms. The van der Waals surface area contributed by atoms with Crippen LogP contribution in [0.1, 0.15) is 206 Å². The third kappa shape index (κ3) is 35.8. The molecule has 0 saturated heterocycles. The molecule has 1 amide bonds. The number of carbonyl (C=O) groups excluding carboxylic acids is 2. The molecule has 0 aromatic rings. The number of hydrogen-bond donors (Lipinski definition) is 3. The Morgan fingerprint density at radius 2 is 1.08 bits per heavy atom. The molecular weight excluding hydrogens is 636 g/mol. The zero-order valence-electron chi connectivity index (χ0n) is 33.2. The van der Waals surface area contributed by atoms with Gasteiger partial charge in [-0.25, -0.2) is 4.79 Å². The molecule has 0 aliphatic rings. The predicted molar refractivity (Wildman–Crippen MR) is 216 cm³/mol. The minimum Gasteiger partial charge on any atom is -0.480 e. The lowest BCUT2D eigenvalue weighted by Gasteiger charge is -2.15. The van der Waals surface area contributed by atoms with E-state index in [0.717, 1.165) is 51.4 Å². The summed E-state index contributed by atoms with van der Waals surface area (Å²) in [6.07, 6.45) is 44.9. The molecule has 296 valence electrons. The van der Waals surface area contributed by atoms with Crippen LogP contribution >= 0.6 is 0 Å². The third-order valence-electron chi connectivity index (χ3n) is 9.41. The highest BCUT2D eigenvalue weighted by molar-refractivity contribution is 5.83. The predicted octanol–water partition coefficient (Wildman–Crippen LogP) is 11.8. The summed E-state index contributed by atoms with van der Waals surface area (Å²) in [6.45, 7) is 4.90. The van der Waals surface area contributed by atoms with Crippen LogP contribution in [0, 0.1) is 0 Å². The molecule has 0 saturated carbocycles. The quantitative estimate of drug-likeness (QED) is 0.0332. The lowest BCUT2D eigenvalue weighted by Crippen LogP contribution is -2.40. The largest absolute Gasteiger partial charge is 0.480 e. The van der Waals surface area contributed by atoms with Crippen LogP contribution in [0.5, 0.6) is 0 Å². The molecule has 2 unspecified atom stereocenters. The molecule has 7 heteroatoms. The van der Waals surface area contributed by atoms with Crippen molar-refractivity contribution in [2.24, 2.45) is 5.73 Å². The zero-order chi connectivity index (χ0) is 37.5. The highest BCUT2D eigenvalue weighted by Crippen LogP contribution is 2.15. The van der Waals surface area contributed by atoms with Crippen LogP contribution in [-0.2, 0) is 19.1 Å². The maximum Gasteiger partial charge on any atom is 0.326 e. The van der Waals surface area contributed by atoms with Crippen LogP contribution < -0.4 is 11.1 Å². The number of unbranched alkanes of at least 4 members (excludes halogenated alkanes) is 20. The van der Waals surface area contributed by atoms with Gasteiger partial charge in [0.15, 0.2) is 0 Å². The van der Waals surface area contributed by atoms with Gasteiger partial charge in [0.1, 0.15) is 12.1 Å². The molecule has 0 aliphatic heterocycles. The van der Waals surface area contributed by atoms with E-state index in [-0.39, 0.29) is 18.0 Å². The van der Waals surface area contributed by atoms with Gasteiger partial charge in [0.25, 0.3) is 0 Å². The smallest absolute Gasteiger partial charge is 0.326 e. The molecule has 2 atom stereocenters. The van der Waals surface area contributed by atoms with E-state index in [2.05, 4.69) is 49.5 Å². The first-order valence-electron chi connectivity index (χ1n) is 21.3. The summed E-state index contributed by atoms with van der Waals surface area (Å²) >= 11 is 0. The summed E-state index contributed by atoms with van der Waals surface area (Å²) in [4.78, 5) is 36.3. The van der Waals surface area contributed by atoms with E-state index < -0.39 is 12.0 Å². The number of aliphatic carboxylic acids is 1. The van der Waals surface area contributed by atoms with E-state index in [1.807, 2.05) is 6.08 Å². The van der Waals surface area contributed by atoms with Gasteiger partial charge in [-0.15, -0.1) is 0 Å². The van der Waals surface area contributed by atoms with Crippen LogP contribution in [0.3, 0.4) is 0 Å². The Hall–Kier alpha value is -2.41. The molecule has 0 radical (unpaired) electrons. The number of nitrogens with one attached hydrogen (secondary N) is 1. The summed E-state index contributed by atoms with van der Waals surface area (Å²) in [5.41, 5.74) is 5.48. The summed E-state index contributed by atoms with van der Waals surface area (Å²) < 4.78 is 5.91. The van der Waals surface area contributed by atoms with Crippen LogP contribution in [-0.4, -0.2) is 41.6 Å². The van der Waals surface area contributed by atoms with Crippen LogP contribution in [0.25, 0.3) is 0 Å². The minimum absolute atomic E-state index is 0.108. The highest BCUT2D eigenvalue weighted by Gasteiger charge is 2.19. The molecule has 0 spiro atoms. The number of carbonyl (C=O) groups is 3. The van der Waals surface area contributed by atoms with Crippen molar-refractivity contribution < 1.29 is 24.2 Å². The number of esters is 1. The molecule has 4 N–H and O–H groups in total. The second-order valence-corrected chi connectivity index (χ2v) is 14.4. The van der Waals surface area contributed by atoms with Gasteiger partial charge in [-0.3, -0.25) is 9.59 Å². The van der Waals surface area contributed by atoms with Crippen molar-refractivity contribution in [3.63, 3.8) is 0 Å². The molecule has 0 fully saturated rings. The van der Waals surface area contributed by atoms with E-state index in [9.17, 15) is 19.5 Å². The monoisotopic (exact) mass is 717 g/mol. The molecule has 0 aliphatic carbocycles.